The lowest BCUT2D eigenvalue weighted by Crippen LogP contribution is -2.36. The molecule has 0 radical (unpaired) electrons. The van der Waals surface area contributed by atoms with Crippen molar-refractivity contribution in [3.8, 4) is 0 Å². The number of nitrogens with two attached hydrogens (primary N) is 1. The molecular weight excluding hydrogens is 330 g/mol. The number of hydrogen-bond donors (Lipinski definition) is 6. The van der Waals surface area contributed by atoms with Crippen LogP contribution in [0.5, 0.6) is 0 Å². The fourth-order valence-electron chi connectivity index (χ4n) is 2.30. The highest BCUT2D eigenvalue weighted by molar-refractivity contribution is 7.71. The molecule has 1 aromatic heterocycles. The first-order chi connectivity index (χ1) is 10.8. The highest BCUT2D eigenvalue weighted by atomic mass is 32.1. The maximum atomic E-state index is 11.9. The van der Waals surface area contributed by atoms with Crippen molar-refractivity contribution in [1.29, 1.82) is 0 Å². The first-order valence-corrected chi connectivity index (χ1v) is 7.12. The predicted octanol–water partition coefficient (Wildman–Crippen LogP) is -2.53. The molecule has 1 saturated heterocycles. The molecule has 23 heavy (non-hydrogen) atoms. The Hall–Kier alpha value is -1.63. The van der Waals surface area contributed by atoms with Gasteiger partial charge in [0.05, 0.1) is 6.61 Å². The number of nitrogens with one attached hydrogen (secondary N) is 1. The van der Waals surface area contributed by atoms with Gasteiger partial charge in [-0.3, -0.25) is 19.1 Å². The second-order valence-corrected chi connectivity index (χ2v) is 5.59. The van der Waals surface area contributed by atoms with Crippen LogP contribution >= 0.6 is 12.2 Å². The van der Waals surface area contributed by atoms with Gasteiger partial charge < -0.3 is 30.9 Å². The quantitative estimate of drug-likeness (QED) is 0.314. The van der Waals surface area contributed by atoms with Crippen LogP contribution < -0.4 is 11.3 Å². The molecule has 0 saturated carbocycles. The average molecular weight is 347 g/mol. The number of carbonyl (C=O) groups is 1. The van der Waals surface area contributed by atoms with Gasteiger partial charge in [-0.1, -0.05) is 0 Å². The number of aromatic nitrogens is 2. The van der Waals surface area contributed by atoms with Crippen LogP contribution in [0.2, 0.25) is 0 Å². The van der Waals surface area contributed by atoms with E-state index in [1.807, 2.05) is 0 Å². The molecule has 1 aliphatic heterocycles. The standard InChI is InChI=1S/C12H17N3O7S/c13-5(11(20)21)1-4-2-15(12(23)14-9(4)19)10-8(18)7(17)6(3-16)22-10/h2,5-8,10,16-18H,1,3,13H2,(H,20,21)(H,14,19,23)/t5?,6-,7-,8-,10-/m1/s1. The zero-order valence-electron chi connectivity index (χ0n) is 11.8. The fraction of sp³-hybridized carbons (Fsp3) is 0.583. The second kappa shape index (κ2) is 6.86. The molecule has 0 aromatic carbocycles. The molecule has 0 spiro atoms. The van der Waals surface area contributed by atoms with Gasteiger partial charge in [-0.05, 0) is 12.2 Å². The van der Waals surface area contributed by atoms with E-state index < -0.39 is 48.7 Å². The van der Waals surface area contributed by atoms with Crippen molar-refractivity contribution in [3.63, 3.8) is 0 Å². The molecule has 2 heterocycles. The van der Waals surface area contributed by atoms with E-state index in [-0.39, 0.29) is 16.8 Å². The summed E-state index contributed by atoms with van der Waals surface area (Å²) >= 11 is 4.99. The van der Waals surface area contributed by atoms with Crippen LogP contribution in [0.15, 0.2) is 11.0 Å². The Morgan fingerprint density at radius 3 is 2.65 bits per heavy atom. The molecular formula is C12H17N3O7S. The molecule has 1 aromatic rings. The molecule has 7 N–H and O–H groups in total. The molecule has 5 atom stereocenters. The Kier molecular flexibility index (Phi) is 5.29. The first kappa shape index (κ1) is 17.7. The van der Waals surface area contributed by atoms with Crippen molar-refractivity contribution in [2.75, 3.05) is 6.61 Å². The number of aromatic amines is 1. The minimum Gasteiger partial charge on any atom is -0.480 e. The number of aliphatic hydroxyl groups is 3. The Balaban J connectivity index is 2.38. The van der Waals surface area contributed by atoms with E-state index in [0.717, 1.165) is 0 Å². The van der Waals surface area contributed by atoms with E-state index in [4.69, 9.17) is 32.9 Å². The summed E-state index contributed by atoms with van der Waals surface area (Å²) in [6, 6.07) is -1.29. The van der Waals surface area contributed by atoms with E-state index in [2.05, 4.69) is 4.98 Å². The first-order valence-electron chi connectivity index (χ1n) is 6.71. The summed E-state index contributed by atoms with van der Waals surface area (Å²) in [5.74, 6) is -1.27. The van der Waals surface area contributed by atoms with Crippen LogP contribution in [-0.4, -0.2) is 66.9 Å². The third-order valence-electron chi connectivity index (χ3n) is 3.59. The molecule has 0 aliphatic carbocycles. The van der Waals surface area contributed by atoms with Crippen LogP contribution in [0.25, 0.3) is 0 Å². The zero-order chi connectivity index (χ0) is 17.3. The summed E-state index contributed by atoms with van der Waals surface area (Å²) in [4.78, 5) is 25.0. The Bertz CT molecular complexity index is 703. The summed E-state index contributed by atoms with van der Waals surface area (Å²) < 4.78 is 6.43. The largest absolute Gasteiger partial charge is 0.480 e. The van der Waals surface area contributed by atoms with Crippen molar-refractivity contribution in [3.05, 3.63) is 26.9 Å². The second-order valence-electron chi connectivity index (χ2n) is 5.20. The van der Waals surface area contributed by atoms with E-state index in [1.165, 1.54) is 10.8 Å². The third kappa shape index (κ3) is 3.49. The van der Waals surface area contributed by atoms with Crippen LogP contribution in [-0.2, 0) is 16.0 Å². The Labute approximate surface area is 134 Å². The van der Waals surface area contributed by atoms with Gasteiger partial charge in [0.15, 0.2) is 11.0 Å². The highest BCUT2D eigenvalue weighted by Crippen LogP contribution is 2.29. The monoisotopic (exact) mass is 347 g/mol. The van der Waals surface area contributed by atoms with E-state index in [0.29, 0.717) is 0 Å². The highest BCUT2D eigenvalue weighted by Gasteiger charge is 2.43. The average Bonchev–Trinajstić information content (AvgIpc) is 2.77. The van der Waals surface area contributed by atoms with Crippen LogP contribution in [0.3, 0.4) is 0 Å². The van der Waals surface area contributed by atoms with E-state index in [1.54, 1.807) is 0 Å². The van der Waals surface area contributed by atoms with Gasteiger partial charge in [-0.2, -0.15) is 0 Å². The number of hydrogen-bond acceptors (Lipinski definition) is 8. The number of aliphatic carboxylic acids is 1. The lowest BCUT2D eigenvalue weighted by Gasteiger charge is -2.19. The predicted molar refractivity (Wildman–Crippen MR) is 78.2 cm³/mol. The van der Waals surface area contributed by atoms with Gasteiger partial charge in [0.2, 0.25) is 0 Å². The normalized spacial score (nSPS) is 28.7. The smallest absolute Gasteiger partial charge is 0.320 e. The molecule has 10 nitrogen and oxygen atoms in total. The lowest BCUT2D eigenvalue weighted by atomic mass is 10.1. The topological polar surface area (TPSA) is 171 Å². The molecule has 11 heteroatoms. The van der Waals surface area contributed by atoms with Gasteiger partial charge in [-0.25, -0.2) is 0 Å². The van der Waals surface area contributed by atoms with Crippen molar-refractivity contribution in [1.82, 2.24) is 9.55 Å². The minimum absolute atomic E-state index is 0.0336. The van der Waals surface area contributed by atoms with Gasteiger partial charge in [0.25, 0.3) is 5.56 Å². The van der Waals surface area contributed by atoms with Gasteiger partial charge in [0, 0.05) is 18.2 Å². The zero-order valence-corrected chi connectivity index (χ0v) is 12.6. The molecule has 2 rings (SSSR count). The lowest BCUT2D eigenvalue weighted by molar-refractivity contribution is -0.138. The number of carboxylic acid groups (broad SMARTS) is 1. The maximum absolute atomic E-state index is 11.9. The van der Waals surface area contributed by atoms with Crippen LogP contribution in [0, 0.1) is 4.77 Å². The number of H-pyrrole nitrogens is 1. The molecule has 0 amide bonds. The van der Waals surface area contributed by atoms with Crippen LogP contribution in [0.1, 0.15) is 11.8 Å². The van der Waals surface area contributed by atoms with Gasteiger partial charge >= 0.3 is 5.97 Å². The van der Waals surface area contributed by atoms with Crippen LogP contribution in [0.4, 0.5) is 0 Å². The number of aliphatic hydroxyl groups excluding tert-OH is 3. The number of ether oxygens (including phenoxy) is 1. The minimum atomic E-state index is -1.38. The summed E-state index contributed by atoms with van der Waals surface area (Å²) in [5.41, 5.74) is 4.84. The van der Waals surface area contributed by atoms with Crippen molar-refractivity contribution in [2.45, 2.75) is 37.0 Å². The molecule has 1 unspecified atom stereocenters. The molecule has 128 valence electrons. The maximum Gasteiger partial charge on any atom is 0.320 e. The van der Waals surface area contributed by atoms with Gasteiger partial charge in [-0.15, -0.1) is 0 Å². The van der Waals surface area contributed by atoms with E-state index in [9.17, 15) is 19.8 Å². The number of rotatable bonds is 5. The number of carboxylic acids is 1. The van der Waals surface area contributed by atoms with Gasteiger partial charge in [0.1, 0.15) is 24.4 Å². The van der Waals surface area contributed by atoms with Crippen molar-refractivity contribution < 1.29 is 30.0 Å². The van der Waals surface area contributed by atoms with Crippen molar-refractivity contribution in [2.24, 2.45) is 5.73 Å². The SMILES string of the molecule is NC(Cc1cn([C@@H]2O[C@H](CO)[C@@H](O)[C@H]2O)c(=S)[nH]c1=O)C(=O)O. The third-order valence-corrected chi connectivity index (χ3v) is 3.90. The summed E-state index contributed by atoms with van der Waals surface area (Å²) in [5, 5.41) is 37.7. The Morgan fingerprint density at radius 2 is 2.13 bits per heavy atom. The summed E-state index contributed by atoms with van der Waals surface area (Å²) in [7, 11) is 0. The molecule has 1 aliphatic rings. The van der Waals surface area contributed by atoms with Crippen molar-refractivity contribution >= 4 is 18.2 Å². The van der Waals surface area contributed by atoms with E-state index >= 15 is 0 Å². The Morgan fingerprint density at radius 1 is 1.48 bits per heavy atom. The molecule has 0 bridgehead atoms. The molecule has 1 fully saturated rings. The summed E-state index contributed by atoms with van der Waals surface area (Å²) in [6.45, 7) is -0.512. The summed E-state index contributed by atoms with van der Waals surface area (Å²) in [6.07, 6.45) is -3.88. The number of nitrogens with zero attached hydrogens (tertiary/aromatic N) is 1. The fourth-order valence-corrected chi connectivity index (χ4v) is 2.54.